The average Bonchev–Trinajstić information content (AvgIpc) is 2.42. The van der Waals surface area contributed by atoms with Crippen molar-refractivity contribution in [3.8, 4) is 5.75 Å². The van der Waals surface area contributed by atoms with Crippen LogP contribution in [-0.2, 0) is 0 Å². The van der Waals surface area contributed by atoms with Crippen LogP contribution < -0.4 is 10.1 Å². The van der Waals surface area contributed by atoms with Crippen molar-refractivity contribution in [2.75, 3.05) is 19.7 Å². The van der Waals surface area contributed by atoms with E-state index in [1.54, 1.807) is 0 Å². The SMILES string of the molecule is CCC(CC)C(O)CNCCOc1ccc(Br)cc1. The van der Waals surface area contributed by atoms with Gasteiger partial charge < -0.3 is 15.2 Å². The predicted octanol–water partition coefficient (Wildman–Crippen LogP) is 3.21. The smallest absolute Gasteiger partial charge is 0.119 e. The van der Waals surface area contributed by atoms with Gasteiger partial charge in [0, 0.05) is 17.6 Å². The lowest BCUT2D eigenvalue weighted by atomic mass is 9.97. The number of ether oxygens (including phenoxy) is 1. The average molecular weight is 330 g/mol. The van der Waals surface area contributed by atoms with Gasteiger partial charge in [0.15, 0.2) is 0 Å². The van der Waals surface area contributed by atoms with Crippen LogP contribution in [0, 0.1) is 5.92 Å². The summed E-state index contributed by atoms with van der Waals surface area (Å²) >= 11 is 3.39. The molecule has 1 aromatic rings. The van der Waals surface area contributed by atoms with E-state index in [-0.39, 0.29) is 6.10 Å². The van der Waals surface area contributed by atoms with Crippen LogP contribution in [0.4, 0.5) is 0 Å². The van der Waals surface area contributed by atoms with Crippen LogP contribution in [0.2, 0.25) is 0 Å². The highest BCUT2D eigenvalue weighted by atomic mass is 79.9. The Morgan fingerprint density at radius 1 is 1.21 bits per heavy atom. The van der Waals surface area contributed by atoms with E-state index in [2.05, 4.69) is 35.1 Å². The summed E-state index contributed by atoms with van der Waals surface area (Å²) in [6.07, 6.45) is 1.78. The maximum absolute atomic E-state index is 9.95. The fourth-order valence-corrected chi connectivity index (χ4v) is 2.29. The number of hydrogen-bond acceptors (Lipinski definition) is 3. The van der Waals surface area contributed by atoms with E-state index in [1.807, 2.05) is 24.3 Å². The molecular weight excluding hydrogens is 306 g/mol. The van der Waals surface area contributed by atoms with Gasteiger partial charge in [-0.2, -0.15) is 0 Å². The number of aliphatic hydroxyl groups is 1. The summed E-state index contributed by atoms with van der Waals surface area (Å²) in [5, 5.41) is 13.2. The third-order valence-corrected chi connectivity index (χ3v) is 3.84. The van der Waals surface area contributed by atoms with E-state index < -0.39 is 0 Å². The molecule has 1 atom stereocenters. The highest BCUT2D eigenvalue weighted by molar-refractivity contribution is 9.10. The zero-order valence-corrected chi connectivity index (χ0v) is 13.3. The maximum Gasteiger partial charge on any atom is 0.119 e. The number of benzene rings is 1. The van der Waals surface area contributed by atoms with Crippen molar-refractivity contribution >= 4 is 15.9 Å². The molecule has 0 amide bonds. The Hall–Kier alpha value is -0.580. The Labute approximate surface area is 124 Å². The molecule has 0 bridgehead atoms. The molecule has 19 heavy (non-hydrogen) atoms. The topological polar surface area (TPSA) is 41.5 Å². The van der Waals surface area contributed by atoms with Crippen molar-refractivity contribution in [1.82, 2.24) is 5.32 Å². The molecule has 108 valence electrons. The normalized spacial score (nSPS) is 12.7. The van der Waals surface area contributed by atoms with Crippen LogP contribution in [0.3, 0.4) is 0 Å². The van der Waals surface area contributed by atoms with Gasteiger partial charge in [-0.05, 0) is 30.2 Å². The Balaban J connectivity index is 2.12. The fraction of sp³-hybridized carbons (Fsp3) is 0.600. The molecule has 0 spiro atoms. The minimum Gasteiger partial charge on any atom is -0.492 e. The number of aliphatic hydroxyl groups excluding tert-OH is 1. The van der Waals surface area contributed by atoms with Gasteiger partial charge in [0.05, 0.1) is 6.10 Å². The van der Waals surface area contributed by atoms with E-state index in [1.165, 1.54) is 0 Å². The van der Waals surface area contributed by atoms with Gasteiger partial charge in [-0.25, -0.2) is 0 Å². The van der Waals surface area contributed by atoms with E-state index in [4.69, 9.17) is 4.74 Å². The van der Waals surface area contributed by atoms with E-state index in [9.17, 15) is 5.11 Å². The van der Waals surface area contributed by atoms with E-state index >= 15 is 0 Å². The molecular formula is C15H24BrNO2. The third-order valence-electron chi connectivity index (χ3n) is 3.31. The van der Waals surface area contributed by atoms with Gasteiger partial charge in [-0.1, -0.05) is 42.6 Å². The first-order valence-electron chi connectivity index (χ1n) is 6.94. The van der Waals surface area contributed by atoms with Crippen molar-refractivity contribution in [2.45, 2.75) is 32.8 Å². The number of halogens is 1. The highest BCUT2D eigenvalue weighted by Crippen LogP contribution is 2.15. The number of nitrogens with one attached hydrogen (secondary N) is 1. The van der Waals surface area contributed by atoms with Crippen LogP contribution in [0.1, 0.15) is 26.7 Å². The van der Waals surface area contributed by atoms with Crippen LogP contribution in [0.15, 0.2) is 28.7 Å². The fourth-order valence-electron chi connectivity index (χ4n) is 2.02. The van der Waals surface area contributed by atoms with Gasteiger partial charge >= 0.3 is 0 Å². The summed E-state index contributed by atoms with van der Waals surface area (Å²) in [5.41, 5.74) is 0. The second kappa shape index (κ2) is 9.34. The zero-order chi connectivity index (χ0) is 14.1. The third kappa shape index (κ3) is 6.41. The molecule has 0 fully saturated rings. The molecule has 1 unspecified atom stereocenters. The highest BCUT2D eigenvalue weighted by Gasteiger charge is 2.14. The molecule has 0 radical (unpaired) electrons. The summed E-state index contributed by atoms with van der Waals surface area (Å²) in [6, 6.07) is 7.78. The molecule has 0 saturated carbocycles. The van der Waals surface area contributed by atoms with Gasteiger partial charge in [-0.3, -0.25) is 0 Å². The van der Waals surface area contributed by atoms with Crippen LogP contribution in [-0.4, -0.2) is 30.9 Å². The van der Waals surface area contributed by atoms with Gasteiger partial charge in [0.25, 0.3) is 0 Å². The molecule has 0 aliphatic rings. The lowest BCUT2D eigenvalue weighted by molar-refractivity contribution is 0.100. The Morgan fingerprint density at radius 2 is 1.84 bits per heavy atom. The maximum atomic E-state index is 9.95. The molecule has 1 aromatic carbocycles. The lowest BCUT2D eigenvalue weighted by Crippen LogP contribution is -2.34. The summed E-state index contributed by atoms with van der Waals surface area (Å²) < 4.78 is 6.64. The van der Waals surface area contributed by atoms with Crippen molar-refractivity contribution in [3.05, 3.63) is 28.7 Å². The van der Waals surface area contributed by atoms with Gasteiger partial charge in [0.2, 0.25) is 0 Å². The van der Waals surface area contributed by atoms with Crippen molar-refractivity contribution in [2.24, 2.45) is 5.92 Å². The first-order chi connectivity index (χ1) is 9.17. The lowest BCUT2D eigenvalue weighted by Gasteiger charge is -2.20. The van der Waals surface area contributed by atoms with Crippen LogP contribution in [0.25, 0.3) is 0 Å². The van der Waals surface area contributed by atoms with Crippen LogP contribution >= 0.6 is 15.9 Å². The summed E-state index contributed by atoms with van der Waals surface area (Å²) in [4.78, 5) is 0. The van der Waals surface area contributed by atoms with E-state index in [0.717, 1.165) is 29.6 Å². The molecule has 3 nitrogen and oxygen atoms in total. The van der Waals surface area contributed by atoms with Crippen LogP contribution in [0.5, 0.6) is 5.75 Å². The van der Waals surface area contributed by atoms with Crippen molar-refractivity contribution in [3.63, 3.8) is 0 Å². The second-order valence-electron chi connectivity index (χ2n) is 4.65. The molecule has 1 rings (SSSR count). The minimum absolute atomic E-state index is 0.261. The van der Waals surface area contributed by atoms with Gasteiger partial charge in [-0.15, -0.1) is 0 Å². The summed E-state index contributed by atoms with van der Waals surface area (Å²) in [7, 11) is 0. The monoisotopic (exact) mass is 329 g/mol. The molecule has 0 aliphatic carbocycles. The minimum atomic E-state index is -0.261. The molecule has 2 N–H and O–H groups in total. The van der Waals surface area contributed by atoms with Gasteiger partial charge in [0.1, 0.15) is 12.4 Å². The molecule has 0 aromatic heterocycles. The number of rotatable bonds is 9. The zero-order valence-electron chi connectivity index (χ0n) is 11.7. The van der Waals surface area contributed by atoms with Crippen molar-refractivity contribution < 1.29 is 9.84 Å². The molecule has 4 heteroatoms. The second-order valence-corrected chi connectivity index (χ2v) is 5.57. The standard InChI is InChI=1S/C15H24BrNO2/c1-3-12(4-2)15(18)11-17-9-10-19-14-7-5-13(16)6-8-14/h5-8,12,15,17-18H,3-4,9-11H2,1-2H3. The first kappa shape index (κ1) is 16.5. The molecule has 0 aliphatic heterocycles. The quantitative estimate of drug-likeness (QED) is 0.683. The van der Waals surface area contributed by atoms with Crippen molar-refractivity contribution in [1.29, 1.82) is 0 Å². The predicted molar refractivity (Wildman–Crippen MR) is 82.6 cm³/mol. The largest absolute Gasteiger partial charge is 0.492 e. The number of hydrogen-bond donors (Lipinski definition) is 2. The Kier molecular flexibility index (Phi) is 8.10. The Morgan fingerprint density at radius 3 is 2.42 bits per heavy atom. The summed E-state index contributed by atoms with van der Waals surface area (Å²) in [6.45, 7) is 6.22. The summed E-state index contributed by atoms with van der Waals surface area (Å²) in [5.74, 6) is 1.26. The van der Waals surface area contributed by atoms with E-state index in [0.29, 0.717) is 19.1 Å². The Bertz CT molecular complexity index is 339. The molecule has 0 saturated heterocycles. The first-order valence-corrected chi connectivity index (χ1v) is 7.73. The molecule has 0 heterocycles.